The molecule has 2 aliphatic carbocycles. The van der Waals surface area contributed by atoms with Crippen LogP contribution in [0.15, 0.2) is 9.32 Å². The van der Waals surface area contributed by atoms with Crippen LogP contribution in [0.5, 0.6) is 5.88 Å². The van der Waals surface area contributed by atoms with Crippen molar-refractivity contribution >= 4 is 27.5 Å². The van der Waals surface area contributed by atoms with Crippen molar-refractivity contribution in [3.8, 4) is 23.5 Å². The Balaban J connectivity index is 1.23. The SMILES string of the molecule is CCn1c(=O)n([C@@H]2CCCOC2)c2nc(-c3onc4c3CCC[C@@]43CCCc4sc(N)c(C#N)c43)nc(O[C@@H](C)C34CCCN3CCC4)c21. The normalized spacial score (nSPS) is 25.3. The minimum Gasteiger partial charge on any atom is -0.471 e. The predicted molar refractivity (Wildman–Crippen MR) is 185 cm³/mol. The van der Waals surface area contributed by atoms with E-state index >= 15 is 0 Å². The van der Waals surface area contributed by atoms with E-state index < -0.39 is 5.41 Å². The van der Waals surface area contributed by atoms with Crippen molar-refractivity contribution in [3.63, 3.8) is 0 Å². The maximum atomic E-state index is 14.2. The van der Waals surface area contributed by atoms with Gasteiger partial charge in [-0.2, -0.15) is 10.2 Å². The summed E-state index contributed by atoms with van der Waals surface area (Å²) in [4.78, 5) is 28.2. The monoisotopic (exact) mass is 684 g/mol. The molecule has 3 fully saturated rings. The first-order valence-corrected chi connectivity index (χ1v) is 19.0. The minimum absolute atomic E-state index is 0.0359. The van der Waals surface area contributed by atoms with Crippen molar-refractivity contribution in [1.29, 1.82) is 5.26 Å². The van der Waals surface area contributed by atoms with E-state index in [1.54, 1.807) is 15.9 Å². The summed E-state index contributed by atoms with van der Waals surface area (Å²) in [6, 6.07) is 2.28. The average molecular weight is 685 g/mol. The van der Waals surface area contributed by atoms with Gasteiger partial charge >= 0.3 is 5.69 Å². The molecule has 7 heterocycles. The number of nitrogens with two attached hydrogens (primary N) is 1. The maximum Gasteiger partial charge on any atom is 0.330 e. The zero-order valence-electron chi connectivity index (χ0n) is 28.4. The fourth-order valence-electron chi connectivity index (χ4n) is 10.2. The molecule has 0 unspecified atom stereocenters. The van der Waals surface area contributed by atoms with E-state index in [0.29, 0.717) is 59.0 Å². The van der Waals surface area contributed by atoms with E-state index in [1.165, 1.54) is 4.88 Å². The molecule has 2 N–H and O–H groups in total. The van der Waals surface area contributed by atoms with Gasteiger partial charge in [0.25, 0.3) is 0 Å². The molecule has 0 aromatic carbocycles. The van der Waals surface area contributed by atoms with Crippen LogP contribution >= 0.6 is 11.3 Å². The van der Waals surface area contributed by atoms with E-state index in [-0.39, 0.29) is 23.4 Å². The van der Waals surface area contributed by atoms with E-state index in [4.69, 9.17) is 34.9 Å². The Labute approximate surface area is 289 Å². The molecule has 5 aliphatic rings. The number of anilines is 1. The van der Waals surface area contributed by atoms with Crippen molar-refractivity contribution in [2.24, 2.45) is 0 Å². The van der Waals surface area contributed by atoms with E-state index in [9.17, 15) is 10.1 Å². The smallest absolute Gasteiger partial charge is 0.330 e. The zero-order valence-corrected chi connectivity index (χ0v) is 29.2. The molecular weight excluding hydrogens is 641 g/mol. The summed E-state index contributed by atoms with van der Waals surface area (Å²) < 4.78 is 22.7. The number of hydrogen-bond acceptors (Lipinski definition) is 11. The average Bonchev–Trinajstić information content (AvgIpc) is 3.92. The highest BCUT2D eigenvalue weighted by atomic mass is 32.1. The van der Waals surface area contributed by atoms with Crippen LogP contribution in [-0.2, 0) is 29.5 Å². The molecule has 9 rings (SSSR count). The van der Waals surface area contributed by atoms with E-state index in [1.807, 2.05) is 11.5 Å². The molecule has 0 saturated carbocycles. The van der Waals surface area contributed by atoms with Crippen LogP contribution in [0.4, 0.5) is 5.00 Å². The molecule has 0 bridgehead atoms. The van der Waals surface area contributed by atoms with Crippen LogP contribution in [0.2, 0.25) is 0 Å². The maximum absolute atomic E-state index is 14.2. The number of aryl methyl sites for hydroxylation is 2. The highest BCUT2D eigenvalue weighted by molar-refractivity contribution is 7.16. The largest absolute Gasteiger partial charge is 0.471 e. The Morgan fingerprint density at radius 3 is 2.65 bits per heavy atom. The van der Waals surface area contributed by atoms with Crippen LogP contribution in [0.25, 0.3) is 22.7 Å². The first-order chi connectivity index (χ1) is 23.9. The summed E-state index contributed by atoms with van der Waals surface area (Å²) in [7, 11) is 0. The second kappa shape index (κ2) is 11.7. The molecule has 12 nitrogen and oxygen atoms in total. The fourth-order valence-corrected chi connectivity index (χ4v) is 11.4. The lowest BCUT2D eigenvalue weighted by atomic mass is 9.62. The van der Waals surface area contributed by atoms with Crippen LogP contribution in [0, 0.1) is 11.3 Å². The Bertz CT molecular complexity index is 2030. The molecule has 258 valence electrons. The third-order valence-corrected chi connectivity index (χ3v) is 13.5. The first kappa shape index (κ1) is 31.3. The Kier molecular flexibility index (Phi) is 7.45. The lowest BCUT2D eigenvalue weighted by Gasteiger charge is -2.39. The van der Waals surface area contributed by atoms with Gasteiger partial charge in [0.05, 0.1) is 29.4 Å². The summed E-state index contributed by atoms with van der Waals surface area (Å²) in [6.45, 7) is 7.94. The number of nitriles is 1. The molecule has 3 saturated heterocycles. The van der Waals surface area contributed by atoms with Gasteiger partial charge in [-0.3, -0.25) is 14.0 Å². The fraction of sp³-hybridized carbons (Fsp3) is 0.639. The molecule has 3 aliphatic heterocycles. The molecule has 3 atom stereocenters. The number of aromatic nitrogens is 5. The van der Waals surface area contributed by atoms with Crippen LogP contribution < -0.4 is 16.2 Å². The molecule has 13 heteroatoms. The van der Waals surface area contributed by atoms with Crippen molar-refractivity contribution in [1.82, 2.24) is 29.2 Å². The lowest BCUT2D eigenvalue weighted by Crippen LogP contribution is -2.50. The van der Waals surface area contributed by atoms with Gasteiger partial charge in [-0.15, -0.1) is 11.3 Å². The molecule has 49 heavy (non-hydrogen) atoms. The highest BCUT2D eigenvalue weighted by Gasteiger charge is 2.50. The van der Waals surface area contributed by atoms with Gasteiger partial charge in [-0.05, 0) is 110 Å². The van der Waals surface area contributed by atoms with Crippen LogP contribution in [0.1, 0.15) is 111 Å². The second-order valence-corrected chi connectivity index (χ2v) is 15.9. The van der Waals surface area contributed by atoms with Crippen LogP contribution in [-0.4, -0.2) is 67.1 Å². The van der Waals surface area contributed by atoms with Crippen LogP contribution in [0.3, 0.4) is 0 Å². The molecule has 4 aromatic heterocycles. The van der Waals surface area contributed by atoms with Gasteiger partial charge in [-0.25, -0.2) is 9.78 Å². The second-order valence-electron chi connectivity index (χ2n) is 14.7. The Morgan fingerprint density at radius 1 is 1.12 bits per heavy atom. The van der Waals surface area contributed by atoms with Gasteiger partial charge in [0.2, 0.25) is 17.5 Å². The summed E-state index contributed by atoms with van der Waals surface area (Å²) >= 11 is 1.54. The summed E-state index contributed by atoms with van der Waals surface area (Å²) in [6.07, 6.45) is 11.4. The Hall–Kier alpha value is -3.73. The van der Waals surface area contributed by atoms with Crippen molar-refractivity contribution in [3.05, 3.63) is 37.7 Å². The number of nitrogen functional groups attached to an aromatic ring is 1. The Morgan fingerprint density at radius 2 is 1.92 bits per heavy atom. The topological polar surface area (TPSA) is 150 Å². The third kappa shape index (κ3) is 4.45. The standard InChI is InChI=1S/C36H44N8O4S/c1-3-43-27-32(44(34(43)45)22-9-6-18-46-20-22)39-31(40-33(27)47-21(2)36-14-7-16-42(36)17-8-15-36)28-23-10-4-12-35(29(23)41-48-28)13-5-11-25-26(35)24(19-37)30(38)49-25/h21-22H,3-18,20,38H2,1-2H3/t21-,22+,35-/m0/s1. The molecule has 0 radical (unpaired) electrons. The van der Waals surface area contributed by atoms with Gasteiger partial charge in [0, 0.05) is 29.0 Å². The van der Waals surface area contributed by atoms with Crippen molar-refractivity contribution in [2.45, 2.75) is 121 Å². The lowest BCUT2D eigenvalue weighted by molar-refractivity contribution is 0.0445. The zero-order chi connectivity index (χ0) is 33.5. The number of nitrogens with zero attached hydrogens (tertiary/aromatic N) is 7. The third-order valence-electron chi connectivity index (χ3n) is 12.4. The number of hydrogen-bond donors (Lipinski definition) is 1. The number of rotatable bonds is 6. The summed E-state index contributed by atoms with van der Waals surface area (Å²) in [5.41, 5.74) is 10.5. The predicted octanol–water partition coefficient (Wildman–Crippen LogP) is 5.49. The van der Waals surface area contributed by atoms with E-state index in [0.717, 1.165) is 107 Å². The molecule has 4 aromatic rings. The highest BCUT2D eigenvalue weighted by Crippen LogP contribution is 2.55. The van der Waals surface area contributed by atoms with Gasteiger partial charge < -0.3 is 19.7 Å². The van der Waals surface area contributed by atoms with E-state index in [2.05, 4.69) is 17.9 Å². The molecular formula is C36H44N8O4S. The first-order valence-electron chi connectivity index (χ1n) is 18.2. The van der Waals surface area contributed by atoms with Gasteiger partial charge in [-0.1, -0.05) is 5.16 Å². The van der Waals surface area contributed by atoms with Gasteiger partial charge in [0.15, 0.2) is 11.2 Å². The van der Waals surface area contributed by atoms with Crippen molar-refractivity contribution in [2.75, 3.05) is 32.0 Å². The molecule has 1 spiro atoms. The molecule has 0 amide bonds. The minimum atomic E-state index is -0.430. The van der Waals surface area contributed by atoms with Crippen molar-refractivity contribution < 1.29 is 14.0 Å². The number of fused-ring (bicyclic) bond motifs is 6. The number of ether oxygens (including phenoxy) is 2. The van der Waals surface area contributed by atoms with Gasteiger partial charge in [0.1, 0.15) is 17.2 Å². The summed E-state index contributed by atoms with van der Waals surface area (Å²) in [5.74, 6) is 1.32. The summed E-state index contributed by atoms with van der Waals surface area (Å²) in [5, 5.41) is 15.5. The number of imidazole rings is 1. The quantitative estimate of drug-likeness (QED) is 0.276. The number of thiophene rings is 1.